The maximum Gasteiger partial charge on any atom is 0.264 e. The molecule has 0 heterocycles. The number of rotatable bonds is 12. The second kappa shape index (κ2) is 13.4. The van der Waals surface area contributed by atoms with Gasteiger partial charge in [0.2, 0.25) is 11.8 Å². The summed E-state index contributed by atoms with van der Waals surface area (Å²) in [7, 11) is -2.80. The molecule has 40 heavy (non-hydrogen) atoms. The third-order valence-electron chi connectivity index (χ3n) is 6.29. The predicted molar refractivity (Wildman–Crippen MR) is 153 cm³/mol. The number of ether oxygens (including phenoxy) is 1. The Morgan fingerprint density at radius 2 is 1.65 bits per heavy atom. The van der Waals surface area contributed by atoms with Crippen LogP contribution in [-0.4, -0.2) is 50.9 Å². The summed E-state index contributed by atoms with van der Waals surface area (Å²) in [6.45, 7) is 6.88. The van der Waals surface area contributed by atoms with Gasteiger partial charge in [0, 0.05) is 12.6 Å². The maximum absolute atomic E-state index is 14.0. The summed E-state index contributed by atoms with van der Waals surface area (Å²) in [5.74, 6) is -0.984. The lowest BCUT2D eigenvalue weighted by atomic mass is 10.1. The molecule has 0 radical (unpaired) electrons. The van der Waals surface area contributed by atoms with Crippen molar-refractivity contribution in [2.45, 2.75) is 57.6 Å². The topological polar surface area (TPSA) is 96.0 Å². The second-order valence-electron chi connectivity index (χ2n) is 9.76. The van der Waals surface area contributed by atoms with Crippen LogP contribution in [-0.2, 0) is 26.2 Å². The van der Waals surface area contributed by atoms with Crippen LogP contribution >= 0.6 is 0 Å². The predicted octanol–water partition coefficient (Wildman–Crippen LogP) is 4.67. The minimum atomic E-state index is -4.26. The van der Waals surface area contributed by atoms with Crippen LogP contribution in [0.3, 0.4) is 0 Å². The fourth-order valence-corrected chi connectivity index (χ4v) is 5.73. The number of methoxy groups -OCH3 is 1. The molecule has 10 heteroatoms. The SMILES string of the molecule is CCC(C(=O)NC(C)C)N(Cc1cccc(C)c1)C(=O)CN(c1ccc(F)cc1)S(=O)(=O)c1ccc(OC)cc1. The minimum Gasteiger partial charge on any atom is -0.497 e. The Bertz CT molecular complexity index is 1410. The first-order valence-corrected chi connectivity index (χ1v) is 14.5. The van der Waals surface area contributed by atoms with Gasteiger partial charge in [0.05, 0.1) is 17.7 Å². The average Bonchev–Trinajstić information content (AvgIpc) is 2.91. The molecule has 214 valence electrons. The van der Waals surface area contributed by atoms with E-state index in [0.717, 1.165) is 27.6 Å². The molecule has 0 spiro atoms. The van der Waals surface area contributed by atoms with Gasteiger partial charge in [0.25, 0.3) is 10.0 Å². The van der Waals surface area contributed by atoms with Crippen LogP contribution in [0, 0.1) is 12.7 Å². The zero-order valence-corrected chi connectivity index (χ0v) is 24.2. The molecule has 8 nitrogen and oxygen atoms in total. The zero-order chi connectivity index (χ0) is 29.4. The number of hydrogen-bond donors (Lipinski definition) is 1. The van der Waals surface area contributed by atoms with Gasteiger partial charge in [-0.1, -0.05) is 36.8 Å². The van der Waals surface area contributed by atoms with Gasteiger partial charge >= 0.3 is 0 Å². The second-order valence-corrected chi connectivity index (χ2v) is 11.6. The average molecular weight is 570 g/mol. The fraction of sp³-hybridized carbons (Fsp3) is 0.333. The van der Waals surface area contributed by atoms with Crippen molar-refractivity contribution in [1.82, 2.24) is 10.2 Å². The summed E-state index contributed by atoms with van der Waals surface area (Å²) in [6.07, 6.45) is 0.317. The molecule has 0 aliphatic rings. The summed E-state index contributed by atoms with van der Waals surface area (Å²) in [6, 6.07) is 17.2. The molecule has 0 aromatic heterocycles. The van der Waals surface area contributed by atoms with Crippen LogP contribution in [0.1, 0.15) is 38.3 Å². The van der Waals surface area contributed by atoms with E-state index in [1.807, 2.05) is 45.0 Å². The van der Waals surface area contributed by atoms with Crippen molar-refractivity contribution in [2.24, 2.45) is 0 Å². The number of sulfonamides is 1. The van der Waals surface area contributed by atoms with E-state index in [0.29, 0.717) is 12.2 Å². The van der Waals surface area contributed by atoms with Crippen LogP contribution in [0.2, 0.25) is 0 Å². The van der Waals surface area contributed by atoms with Crippen LogP contribution in [0.4, 0.5) is 10.1 Å². The molecule has 0 fully saturated rings. The summed E-state index contributed by atoms with van der Waals surface area (Å²) in [5.41, 5.74) is 1.90. The molecule has 0 aliphatic carbocycles. The molecule has 1 atom stereocenters. The molecular formula is C30H36FN3O5S. The first-order valence-electron chi connectivity index (χ1n) is 13.0. The van der Waals surface area contributed by atoms with Crippen molar-refractivity contribution in [3.05, 3.63) is 89.7 Å². The lowest BCUT2D eigenvalue weighted by Crippen LogP contribution is -2.53. The molecule has 3 aromatic carbocycles. The van der Waals surface area contributed by atoms with E-state index < -0.39 is 34.3 Å². The van der Waals surface area contributed by atoms with Crippen LogP contribution in [0.5, 0.6) is 5.75 Å². The van der Waals surface area contributed by atoms with Crippen molar-refractivity contribution in [3.63, 3.8) is 0 Å². The number of anilines is 1. The third-order valence-corrected chi connectivity index (χ3v) is 8.08. The number of hydrogen-bond acceptors (Lipinski definition) is 5. The first kappa shape index (κ1) is 30.6. The highest BCUT2D eigenvalue weighted by Crippen LogP contribution is 2.26. The molecule has 0 saturated carbocycles. The molecular weight excluding hydrogens is 533 g/mol. The third kappa shape index (κ3) is 7.59. The van der Waals surface area contributed by atoms with E-state index in [9.17, 15) is 22.4 Å². The number of carbonyl (C=O) groups excluding carboxylic acids is 2. The van der Waals surface area contributed by atoms with E-state index in [2.05, 4.69) is 5.32 Å². The fourth-order valence-electron chi connectivity index (χ4n) is 4.32. The van der Waals surface area contributed by atoms with Gasteiger partial charge in [0.15, 0.2) is 0 Å². The summed E-state index contributed by atoms with van der Waals surface area (Å²) >= 11 is 0. The number of nitrogens with zero attached hydrogens (tertiary/aromatic N) is 2. The minimum absolute atomic E-state index is 0.0692. The molecule has 1 N–H and O–H groups in total. The van der Waals surface area contributed by atoms with E-state index >= 15 is 0 Å². The van der Waals surface area contributed by atoms with Gasteiger partial charge in [0.1, 0.15) is 24.2 Å². The van der Waals surface area contributed by atoms with Crippen molar-refractivity contribution in [1.29, 1.82) is 0 Å². The van der Waals surface area contributed by atoms with Gasteiger partial charge in [-0.15, -0.1) is 0 Å². The summed E-state index contributed by atoms with van der Waals surface area (Å²) in [4.78, 5) is 28.5. The highest BCUT2D eigenvalue weighted by molar-refractivity contribution is 7.92. The number of carbonyl (C=O) groups is 2. The zero-order valence-electron chi connectivity index (χ0n) is 23.4. The monoisotopic (exact) mass is 569 g/mol. The molecule has 0 bridgehead atoms. The Morgan fingerprint density at radius 1 is 1.00 bits per heavy atom. The number of halogens is 1. The largest absolute Gasteiger partial charge is 0.497 e. The molecule has 1 unspecified atom stereocenters. The lowest BCUT2D eigenvalue weighted by molar-refractivity contribution is -0.140. The Labute approximate surface area is 235 Å². The van der Waals surface area contributed by atoms with E-state index in [1.165, 1.54) is 48.4 Å². The van der Waals surface area contributed by atoms with Crippen LogP contribution in [0.25, 0.3) is 0 Å². The highest BCUT2D eigenvalue weighted by atomic mass is 32.2. The Morgan fingerprint density at radius 3 is 2.20 bits per heavy atom. The Balaban J connectivity index is 2.06. The van der Waals surface area contributed by atoms with Crippen molar-refractivity contribution in [2.75, 3.05) is 18.0 Å². The maximum atomic E-state index is 14.0. The van der Waals surface area contributed by atoms with Gasteiger partial charge in [-0.25, -0.2) is 12.8 Å². The van der Waals surface area contributed by atoms with Crippen molar-refractivity contribution in [3.8, 4) is 5.75 Å². The van der Waals surface area contributed by atoms with Crippen molar-refractivity contribution < 1.29 is 27.1 Å². The quantitative estimate of drug-likeness (QED) is 0.342. The first-order chi connectivity index (χ1) is 19.0. The number of benzene rings is 3. The van der Waals surface area contributed by atoms with Gasteiger partial charge < -0.3 is 15.0 Å². The molecule has 0 saturated heterocycles. The highest BCUT2D eigenvalue weighted by Gasteiger charge is 2.34. The van der Waals surface area contributed by atoms with Gasteiger partial charge in [-0.2, -0.15) is 0 Å². The smallest absolute Gasteiger partial charge is 0.264 e. The Hall–Kier alpha value is -3.92. The normalized spacial score (nSPS) is 12.1. The number of nitrogens with one attached hydrogen (secondary N) is 1. The molecule has 0 aliphatic heterocycles. The summed E-state index contributed by atoms with van der Waals surface area (Å²) in [5, 5.41) is 2.87. The van der Waals surface area contributed by atoms with E-state index in [4.69, 9.17) is 4.74 Å². The van der Waals surface area contributed by atoms with Crippen LogP contribution < -0.4 is 14.4 Å². The molecule has 3 aromatic rings. The van der Waals surface area contributed by atoms with E-state index in [1.54, 1.807) is 6.92 Å². The number of aryl methyl sites for hydroxylation is 1. The number of amides is 2. The van der Waals surface area contributed by atoms with Crippen molar-refractivity contribution >= 4 is 27.5 Å². The van der Waals surface area contributed by atoms with Crippen LogP contribution in [0.15, 0.2) is 77.7 Å². The Kier molecular flexibility index (Phi) is 10.3. The van der Waals surface area contributed by atoms with Gasteiger partial charge in [-0.3, -0.25) is 13.9 Å². The molecule has 2 amide bonds. The lowest BCUT2D eigenvalue weighted by Gasteiger charge is -2.33. The standard InChI is InChI=1S/C30H36FN3O5S/c1-6-28(30(36)32-21(2)3)33(19-23-9-7-8-22(4)18-23)29(35)20-34(25-12-10-24(31)11-13-25)40(37,38)27-16-14-26(39-5)15-17-27/h7-18,21,28H,6,19-20H2,1-5H3,(H,32,36). The molecule has 3 rings (SSSR count). The summed E-state index contributed by atoms with van der Waals surface area (Å²) < 4.78 is 47.5. The van der Waals surface area contributed by atoms with Gasteiger partial charge in [-0.05, 0) is 81.3 Å². The van der Waals surface area contributed by atoms with E-state index in [-0.39, 0.29) is 29.1 Å².